The SMILES string of the molecule is CNC(C)(CN1CC(C)OC(C)C1)C(N)=O. The predicted molar refractivity (Wildman–Crippen MR) is 63.1 cm³/mol. The van der Waals surface area contributed by atoms with Crippen LogP contribution < -0.4 is 11.1 Å². The number of hydrogen-bond acceptors (Lipinski definition) is 4. The van der Waals surface area contributed by atoms with Crippen molar-refractivity contribution >= 4 is 5.91 Å². The molecule has 0 spiro atoms. The smallest absolute Gasteiger partial charge is 0.238 e. The van der Waals surface area contributed by atoms with Crippen molar-refractivity contribution in [2.45, 2.75) is 38.5 Å². The highest BCUT2D eigenvalue weighted by Gasteiger charge is 2.34. The van der Waals surface area contributed by atoms with Crippen LogP contribution in [0.4, 0.5) is 0 Å². The summed E-state index contributed by atoms with van der Waals surface area (Å²) < 4.78 is 5.65. The third-order valence-corrected chi connectivity index (χ3v) is 3.13. The third-order valence-electron chi connectivity index (χ3n) is 3.13. The van der Waals surface area contributed by atoms with Crippen LogP contribution in [0.25, 0.3) is 0 Å². The van der Waals surface area contributed by atoms with Crippen molar-refractivity contribution in [3.63, 3.8) is 0 Å². The molecular weight excluding hydrogens is 206 g/mol. The third kappa shape index (κ3) is 3.17. The first-order valence-corrected chi connectivity index (χ1v) is 5.74. The van der Waals surface area contributed by atoms with E-state index in [0.717, 1.165) is 13.1 Å². The van der Waals surface area contributed by atoms with Crippen molar-refractivity contribution in [2.24, 2.45) is 5.73 Å². The van der Waals surface area contributed by atoms with Crippen molar-refractivity contribution in [2.75, 3.05) is 26.7 Å². The number of nitrogens with two attached hydrogens (primary N) is 1. The fraction of sp³-hybridized carbons (Fsp3) is 0.909. The highest BCUT2D eigenvalue weighted by molar-refractivity contribution is 5.84. The van der Waals surface area contributed by atoms with E-state index in [0.29, 0.717) is 6.54 Å². The molecule has 1 fully saturated rings. The molecule has 3 unspecified atom stereocenters. The van der Waals surface area contributed by atoms with E-state index < -0.39 is 5.54 Å². The van der Waals surface area contributed by atoms with Crippen LogP contribution in [0.15, 0.2) is 0 Å². The van der Waals surface area contributed by atoms with Gasteiger partial charge in [-0.3, -0.25) is 9.69 Å². The lowest BCUT2D eigenvalue weighted by Gasteiger charge is -2.39. The van der Waals surface area contributed by atoms with Crippen LogP contribution >= 0.6 is 0 Å². The normalized spacial score (nSPS) is 31.0. The Labute approximate surface area is 97.3 Å². The maximum atomic E-state index is 11.4. The van der Waals surface area contributed by atoms with Gasteiger partial charge in [-0.25, -0.2) is 0 Å². The molecule has 3 atom stereocenters. The molecule has 0 saturated carbocycles. The summed E-state index contributed by atoms with van der Waals surface area (Å²) >= 11 is 0. The summed E-state index contributed by atoms with van der Waals surface area (Å²) in [6.07, 6.45) is 0.412. The minimum Gasteiger partial charge on any atom is -0.373 e. The van der Waals surface area contributed by atoms with Crippen molar-refractivity contribution in [3.8, 4) is 0 Å². The summed E-state index contributed by atoms with van der Waals surface area (Å²) in [4.78, 5) is 13.6. The maximum Gasteiger partial charge on any atom is 0.238 e. The lowest BCUT2D eigenvalue weighted by Crippen LogP contribution is -2.61. The van der Waals surface area contributed by atoms with Crippen molar-refractivity contribution in [1.82, 2.24) is 10.2 Å². The molecule has 0 aliphatic carbocycles. The largest absolute Gasteiger partial charge is 0.373 e. The van der Waals surface area contributed by atoms with Crippen molar-refractivity contribution in [3.05, 3.63) is 0 Å². The van der Waals surface area contributed by atoms with Crippen LogP contribution in [0.1, 0.15) is 20.8 Å². The zero-order valence-corrected chi connectivity index (χ0v) is 10.6. The Morgan fingerprint density at radius 1 is 1.50 bits per heavy atom. The molecule has 1 saturated heterocycles. The molecule has 0 aromatic rings. The molecule has 16 heavy (non-hydrogen) atoms. The Hall–Kier alpha value is -0.650. The first-order chi connectivity index (χ1) is 7.37. The number of carbonyl (C=O) groups excluding carboxylic acids is 1. The van der Waals surface area contributed by atoms with Gasteiger partial charge in [0.15, 0.2) is 0 Å². The lowest BCUT2D eigenvalue weighted by molar-refractivity contribution is -0.126. The zero-order chi connectivity index (χ0) is 12.3. The highest BCUT2D eigenvalue weighted by Crippen LogP contribution is 2.14. The number of amides is 1. The second-order valence-corrected chi connectivity index (χ2v) is 4.90. The molecule has 0 radical (unpaired) electrons. The molecule has 1 heterocycles. The minimum absolute atomic E-state index is 0.206. The molecule has 0 bridgehead atoms. The molecule has 5 heteroatoms. The Bertz CT molecular complexity index is 250. The Morgan fingerprint density at radius 2 is 2.00 bits per heavy atom. The molecular formula is C11H23N3O2. The number of hydrogen-bond donors (Lipinski definition) is 2. The van der Waals surface area contributed by atoms with E-state index in [9.17, 15) is 4.79 Å². The van der Waals surface area contributed by atoms with Crippen molar-refractivity contribution < 1.29 is 9.53 Å². The summed E-state index contributed by atoms with van der Waals surface area (Å²) in [6, 6.07) is 0. The molecule has 1 rings (SSSR count). The molecule has 94 valence electrons. The monoisotopic (exact) mass is 229 g/mol. The number of carbonyl (C=O) groups is 1. The molecule has 1 amide bonds. The summed E-state index contributed by atoms with van der Waals surface area (Å²) in [6.45, 7) is 8.23. The molecule has 5 nitrogen and oxygen atoms in total. The summed E-state index contributed by atoms with van der Waals surface area (Å²) in [5.74, 6) is -0.318. The maximum absolute atomic E-state index is 11.4. The van der Waals surface area contributed by atoms with Gasteiger partial charge in [0.25, 0.3) is 0 Å². The summed E-state index contributed by atoms with van der Waals surface area (Å²) in [7, 11) is 1.76. The molecule has 1 aliphatic heterocycles. The van der Waals surface area contributed by atoms with E-state index in [1.165, 1.54) is 0 Å². The second kappa shape index (κ2) is 5.12. The van der Waals surface area contributed by atoms with Gasteiger partial charge in [0.2, 0.25) is 5.91 Å². The van der Waals surface area contributed by atoms with E-state index in [1.807, 2.05) is 20.8 Å². The Kier molecular flexibility index (Phi) is 4.29. The van der Waals surface area contributed by atoms with Crippen LogP contribution in [-0.4, -0.2) is 55.2 Å². The quantitative estimate of drug-likeness (QED) is 0.686. The lowest BCUT2D eigenvalue weighted by atomic mass is 10.0. The summed E-state index contributed by atoms with van der Waals surface area (Å²) in [5, 5.41) is 3.00. The zero-order valence-electron chi connectivity index (χ0n) is 10.6. The van der Waals surface area contributed by atoms with E-state index in [4.69, 9.17) is 10.5 Å². The highest BCUT2D eigenvalue weighted by atomic mass is 16.5. The fourth-order valence-corrected chi connectivity index (χ4v) is 2.14. The molecule has 1 aliphatic rings. The van der Waals surface area contributed by atoms with Gasteiger partial charge in [0.05, 0.1) is 12.2 Å². The molecule has 3 N–H and O–H groups in total. The first-order valence-electron chi connectivity index (χ1n) is 5.74. The van der Waals surface area contributed by atoms with Gasteiger partial charge < -0.3 is 15.8 Å². The van der Waals surface area contributed by atoms with Crippen LogP contribution in [-0.2, 0) is 9.53 Å². The van der Waals surface area contributed by atoms with Gasteiger partial charge >= 0.3 is 0 Å². The number of nitrogens with one attached hydrogen (secondary N) is 1. The first kappa shape index (κ1) is 13.4. The van der Waals surface area contributed by atoms with E-state index in [2.05, 4.69) is 10.2 Å². The van der Waals surface area contributed by atoms with E-state index in [1.54, 1.807) is 7.05 Å². The van der Waals surface area contributed by atoms with Gasteiger partial charge in [-0.05, 0) is 27.8 Å². The van der Waals surface area contributed by atoms with Gasteiger partial charge in [-0.1, -0.05) is 0 Å². The average molecular weight is 229 g/mol. The second-order valence-electron chi connectivity index (χ2n) is 4.90. The number of rotatable bonds is 4. The fourth-order valence-electron chi connectivity index (χ4n) is 2.14. The standard InChI is InChI=1S/C11H23N3O2/c1-8-5-14(6-9(2)16-8)7-11(3,13-4)10(12)15/h8-9,13H,5-7H2,1-4H3,(H2,12,15). The molecule has 0 aromatic heterocycles. The molecule has 0 aromatic carbocycles. The van der Waals surface area contributed by atoms with Gasteiger partial charge in [0.1, 0.15) is 5.54 Å². The number of morpholine rings is 1. The number of primary amides is 1. The van der Waals surface area contributed by atoms with Gasteiger partial charge in [-0.2, -0.15) is 0 Å². The van der Waals surface area contributed by atoms with Gasteiger partial charge in [0, 0.05) is 19.6 Å². The topological polar surface area (TPSA) is 67.6 Å². The van der Waals surface area contributed by atoms with Crippen LogP contribution in [0.2, 0.25) is 0 Å². The predicted octanol–water partition coefficient (Wildman–Crippen LogP) is -0.441. The Balaban J connectivity index is 2.61. The van der Waals surface area contributed by atoms with Gasteiger partial charge in [-0.15, -0.1) is 0 Å². The van der Waals surface area contributed by atoms with Crippen LogP contribution in [0, 0.1) is 0 Å². The van der Waals surface area contributed by atoms with Crippen LogP contribution in [0.3, 0.4) is 0 Å². The number of likely N-dealkylation sites (N-methyl/N-ethyl adjacent to an activating group) is 1. The number of ether oxygens (including phenoxy) is 1. The van der Waals surface area contributed by atoms with E-state index in [-0.39, 0.29) is 18.1 Å². The summed E-state index contributed by atoms with van der Waals surface area (Å²) in [5.41, 5.74) is 4.74. The Morgan fingerprint density at radius 3 is 2.38 bits per heavy atom. The van der Waals surface area contributed by atoms with Crippen LogP contribution in [0.5, 0.6) is 0 Å². The minimum atomic E-state index is -0.670. The average Bonchev–Trinajstić information content (AvgIpc) is 2.15. The van der Waals surface area contributed by atoms with Crippen molar-refractivity contribution in [1.29, 1.82) is 0 Å². The number of nitrogens with zero attached hydrogens (tertiary/aromatic N) is 1. The van der Waals surface area contributed by atoms with E-state index >= 15 is 0 Å².